The van der Waals surface area contributed by atoms with Crippen molar-refractivity contribution in [2.24, 2.45) is 0 Å². The Morgan fingerprint density at radius 2 is 0.589 bits per heavy atom. The van der Waals surface area contributed by atoms with E-state index in [4.69, 9.17) is 56.8 Å². The smallest absolute Gasteiger partial charge is 0.219 e. The third kappa shape index (κ3) is 13.3. The maximum absolute atomic E-state index is 13.0. The maximum atomic E-state index is 13.0. The van der Waals surface area contributed by atoms with Crippen LogP contribution in [-0.2, 0) is 68.3 Å². The van der Waals surface area contributed by atoms with Crippen LogP contribution in [0.3, 0.4) is 0 Å². The molecule has 484 valence electrons. The van der Waals surface area contributed by atoms with E-state index in [1.54, 1.807) is 70.7 Å². The first-order valence-corrected chi connectivity index (χ1v) is 32.7. The first-order chi connectivity index (χ1) is 43.0. The third-order valence-electron chi connectivity index (χ3n) is 18.5. The second-order valence-electron chi connectivity index (χ2n) is 25.5. The number of carbonyl (C=O) groups is 2. The van der Waals surface area contributed by atoms with E-state index in [0.29, 0.717) is 132 Å². The predicted octanol–water partition coefficient (Wildman–Crippen LogP) is 14.6. The molecule has 2 spiro atoms. The number of amides is 2. The fourth-order valence-electron chi connectivity index (χ4n) is 13.0. The Morgan fingerprint density at radius 3 is 0.744 bits per heavy atom. The van der Waals surface area contributed by atoms with Crippen LogP contribution >= 0.6 is 31.9 Å². The average molecular weight is 1370 g/mol. The molecular formula is C72H88Br2N2O14. The fraction of sp³-hybridized carbons (Fsp3) is 0.472. The Labute approximate surface area is 548 Å². The van der Waals surface area contributed by atoms with E-state index >= 15 is 0 Å². The Hall–Kier alpha value is -7.18. The first-order valence-electron chi connectivity index (χ1n) is 30.5. The number of alkyl halides is 2. The van der Waals surface area contributed by atoms with Crippen LogP contribution in [-0.4, -0.2) is 105 Å². The maximum Gasteiger partial charge on any atom is 0.219 e. The van der Waals surface area contributed by atoms with Crippen molar-refractivity contribution < 1.29 is 66.4 Å². The van der Waals surface area contributed by atoms with Crippen LogP contribution in [0.25, 0.3) is 0 Å². The molecule has 18 heteroatoms. The van der Waals surface area contributed by atoms with Crippen molar-refractivity contribution in [1.82, 2.24) is 9.80 Å². The highest BCUT2D eigenvalue weighted by Gasteiger charge is 2.44. The number of hydrogen-bond donors (Lipinski definition) is 0. The zero-order valence-electron chi connectivity index (χ0n) is 55.2. The van der Waals surface area contributed by atoms with Gasteiger partial charge in [0.15, 0.2) is 46.0 Å². The van der Waals surface area contributed by atoms with Crippen molar-refractivity contribution in [2.75, 3.05) is 83.1 Å². The van der Waals surface area contributed by atoms with E-state index in [0.717, 1.165) is 66.8 Å². The summed E-state index contributed by atoms with van der Waals surface area (Å²) in [5.74, 6) is 5.59. The minimum absolute atomic E-state index is 0.0104. The summed E-state index contributed by atoms with van der Waals surface area (Å²) in [6.45, 7) is 18.9. The van der Waals surface area contributed by atoms with E-state index < -0.39 is 10.8 Å². The Bertz CT molecular complexity index is 3090. The SMILES string of the molecule is COc1cc2cc(OC)c1OCc1cc(C(C)(C)C)cc(c1CBr)COc1c(OC)cc(cc1OC)C1(CCN(C(C)=O)CC1)c1cc(OC)c(c(OC)c1)OCc1cc(C(C)(C)C)cc(c1CBr)COc1c(OC)cc(cc1OC)C21CCN(C(C)=O)CC1. The molecule has 0 aliphatic carbocycles. The molecule has 0 aromatic heterocycles. The van der Waals surface area contributed by atoms with Crippen LogP contribution in [0.4, 0.5) is 0 Å². The molecule has 18 rings (SSSR count). The lowest BCUT2D eigenvalue weighted by Crippen LogP contribution is -2.45. The molecule has 0 N–H and O–H groups in total. The van der Waals surface area contributed by atoms with Crippen molar-refractivity contribution in [2.45, 2.75) is 140 Å². The number of likely N-dealkylation sites (tertiary alicyclic amines) is 2. The minimum Gasteiger partial charge on any atom is -0.493 e. The number of hydrogen-bond acceptors (Lipinski definition) is 14. The van der Waals surface area contributed by atoms with Crippen LogP contribution in [0.1, 0.15) is 148 Å². The van der Waals surface area contributed by atoms with E-state index in [9.17, 15) is 9.59 Å². The van der Waals surface area contributed by atoms with Crippen molar-refractivity contribution >= 4 is 43.7 Å². The van der Waals surface area contributed by atoms with Crippen LogP contribution in [0.5, 0.6) is 69.0 Å². The average Bonchev–Trinajstić information content (AvgIpc) is 0.758. The Kier molecular flexibility index (Phi) is 20.7. The molecule has 2 amide bonds. The summed E-state index contributed by atoms with van der Waals surface area (Å²) in [5, 5.41) is 0.982. The molecule has 12 aliphatic rings. The van der Waals surface area contributed by atoms with Crippen LogP contribution in [0.15, 0.2) is 72.8 Å². The number of rotatable bonds is 10. The number of ether oxygens (including phenoxy) is 12. The highest BCUT2D eigenvalue weighted by molar-refractivity contribution is 9.08. The van der Waals surface area contributed by atoms with Crippen molar-refractivity contribution in [3.63, 3.8) is 0 Å². The van der Waals surface area contributed by atoms with Gasteiger partial charge in [-0.05, 0) is 152 Å². The molecular weight excluding hydrogens is 1280 g/mol. The lowest BCUT2D eigenvalue weighted by Gasteiger charge is -2.43. The van der Waals surface area contributed by atoms with Crippen molar-refractivity contribution in [1.29, 1.82) is 0 Å². The van der Waals surface area contributed by atoms with Gasteiger partial charge in [0.25, 0.3) is 0 Å². The summed E-state index contributed by atoms with van der Waals surface area (Å²) >= 11 is 7.74. The number of benzene rings is 6. The molecule has 12 aliphatic heterocycles. The summed E-state index contributed by atoms with van der Waals surface area (Å²) in [7, 11) is 13.1. The molecule has 0 saturated carbocycles. The topological polar surface area (TPSA) is 151 Å². The highest BCUT2D eigenvalue weighted by atomic mass is 79.9. The fourth-order valence-corrected chi connectivity index (χ4v) is 14.4. The highest BCUT2D eigenvalue weighted by Crippen LogP contribution is 2.54. The van der Waals surface area contributed by atoms with Gasteiger partial charge in [-0.1, -0.05) is 97.7 Å². The zero-order valence-corrected chi connectivity index (χ0v) is 58.4. The van der Waals surface area contributed by atoms with Gasteiger partial charge in [0, 0.05) is 61.5 Å². The number of halogens is 2. The Morgan fingerprint density at radius 1 is 0.389 bits per heavy atom. The second kappa shape index (κ2) is 27.7. The molecule has 16 nitrogen and oxygen atoms in total. The van der Waals surface area contributed by atoms with Crippen molar-refractivity contribution in [3.8, 4) is 69.0 Å². The van der Waals surface area contributed by atoms with E-state index in [1.807, 2.05) is 58.3 Å². The zero-order chi connectivity index (χ0) is 65.0. The van der Waals surface area contributed by atoms with Crippen LogP contribution < -0.4 is 56.8 Å². The van der Waals surface area contributed by atoms with Gasteiger partial charge in [0.05, 0.1) is 56.9 Å². The molecule has 90 heavy (non-hydrogen) atoms. The van der Waals surface area contributed by atoms with Gasteiger partial charge in [-0.25, -0.2) is 0 Å². The van der Waals surface area contributed by atoms with Crippen LogP contribution in [0.2, 0.25) is 0 Å². The molecule has 12 heterocycles. The van der Waals surface area contributed by atoms with Gasteiger partial charge in [-0.15, -0.1) is 0 Å². The second-order valence-corrected chi connectivity index (χ2v) is 26.6. The predicted molar refractivity (Wildman–Crippen MR) is 356 cm³/mol. The standard InChI is InChI=1S/C72H88Br2N2O14/c1-43(77)75-21-17-71(18-22-75)51-29-57(79-9)65(58(30-51)80-10)87-39-45-25-49(69(3,4)5)27-47(55(45)37-73)41-89-67-61(83-13)33-53(34-62(67)84-14)72(19-23-76(24-20-72)44(2)78)54-35-63(85-15)68(64(36-54)86-16)90-42-48-28-50(70(6,7)8)26-46(56(48)38-74)40-88-66-59(81-11)31-52(71)32-60(66)82-12/h25-36H,17-24,37-42H2,1-16H3. The van der Waals surface area contributed by atoms with Gasteiger partial charge in [0.1, 0.15) is 26.4 Å². The molecule has 0 atom stereocenters. The van der Waals surface area contributed by atoms with E-state index in [2.05, 4.69) is 97.7 Å². The van der Waals surface area contributed by atoms with Gasteiger partial charge in [-0.3, -0.25) is 9.59 Å². The summed E-state index contributed by atoms with van der Waals surface area (Å²) in [5.41, 5.74) is 9.58. The van der Waals surface area contributed by atoms with Gasteiger partial charge >= 0.3 is 0 Å². The van der Waals surface area contributed by atoms with Crippen LogP contribution in [0, 0.1) is 0 Å². The summed E-state index contributed by atoms with van der Waals surface area (Å²) in [4.78, 5) is 29.8. The van der Waals surface area contributed by atoms with E-state index in [1.165, 1.54) is 0 Å². The van der Waals surface area contributed by atoms with Gasteiger partial charge in [-0.2, -0.15) is 0 Å². The van der Waals surface area contributed by atoms with Gasteiger partial charge in [0.2, 0.25) is 34.8 Å². The normalized spacial score (nSPS) is 15.8. The quantitative estimate of drug-likeness (QED) is 0.120. The van der Waals surface area contributed by atoms with Crippen molar-refractivity contribution in [3.05, 3.63) is 140 Å². The molecule has 0 unspecified atom stereocenters. The lowest BCUT2D eigenvalue weighted by atomic mass is 9.67. The monoisotopic (exact) mass is 1360 g/mol. The molecule has 6 aromatic rings. The summed E-state index contributed by atoms with van der Waals surface area (Å²) < 4.78 is 77.9. The molecule has 2 saturated heterocycles. The lowest BCUT2D eigenvalue weighted by molar-refractivity contribution is -0.131. The number of piperidine rings is 2. The summed E-state index contributed by atoms with van der Waals surface area (Å²) in [6.07, 6.45) is 2.26. The first kappa shape index (κ1) is 67.2. The molecule has 2 fully saturated rings. The third-order valence-corrected chi connectivity index (χ3v) is 19.7. The van der Waals surface area contributed by atoms with E-state index in [-0.39, 0.29) is 49.1 Å². The molecule has 0 radical (unpaired) electrons. The summed E-state index contributed by atoms with van der Waals surface area (Å²) in [6, 6.07) is 25.0. The Balaban J connectivity index is 1.27. The minimum atomic E-state index is -0.701. The number of methoxy groups -OCH3 is 8. The number of nitrogens with zero attached hydrogens (tertiary/aromatic N) is 2. The molecule has 6 aromatic carbocycles. The molecule has 12 bridgehead atoms. The van der Waals surface area contributed by atoms with Gasteiger partial charge < -0.3 is 66.6 Å². The number of carbonyl (C=O) groups excluding carboxylic acids is 2. The largest absolute Gasteiger partial charge is 0.493 e.